The average molecular weight is 437 g/mol. The number of benzene rings is 1. The first-order valence-electron chi connectivity index (χ1n) is 9.22. The number of pyridine rings is 1. The molecule has 1 aromatic carbocycles. The van der Waals surface area contributed by atoms with Crippen LogP contribution in [0.4, 0.5) is 17.6 Å². The van der Waals surface area contributed by atoms with E-state index >= 15 is 0 Å². The predicted molar refractivity (Wildman–Crippen MR) is 98.6 cm³/mol. The van der Waals surface area contributed by atoms with Gasteiger partial charge in [0.25, 0.3) is 11.8 Å². The minimum absolute atomic E-state index is 0.0239. The molecule has 0 radical (unpaired) electrons. The van der Waals surface area contributed by atoms with Gasteiger partial charge in [-0.3, -0.25) is 14.4 Å². The minimum Gasteiger partial charge on any atom is -0.503 e. The maximum atomic E-state index is 14.0. The number of amides is 2. The smallest absolute Gasteiger partial charge is 0.274 e. The van der Waals surface area contributed by atoms with Gasteiger partial charge in [0.2, 0.25) is 5.43 Å². The van der Waals surface area contributed by atoms with Crippen LogP contribution in [-0.4, -0.2) is 39.5 Å². The number of nitrogens with zero attached hydrogens (tertiary/aromatic N) is 2. The number of fused-ring (bicyclic) bond motifs is 4. The number of halogens is 4. The van der Waals surface area contributed by atoms with Gasteiger partial charge >= 0.3 is 0 Å². The van der Waals surface area contributed by atoms with Crippen molar-refractivity contribution < 1.29 is 32.3 Å². The Morgan fingerprint density at radius 2 is 1.84 bits per heavy atom. The molecule has 0 unspecified atom stereocenters. The number of aromatic nitrogens is 1. The van der Waals surface area contributed by atoms with Gasteiger partial charge in [-0.1, -0.05) is 0 Å². The van der Waals surface area contributed by atoms with E-state index in [1.807, 2.05) is 0 Å². The van der Waals surface area contributed by atoms with Gasteiger partial charge in [0.15, 0.2) is 11.4 Å². The van der Waals surface area contributed by atoms with Gasteiger partial charge in [0.05, 0.1) is 11.9 Å². The molecule has 1 aromatic heterocycles. The summed E-state index contributed by atoms with van der Waals surface area (Å²) < 4.78 is 55.7. The highest BCUT2D eigenvalue weighted by molar-refractivity contribution is 5.99. The molecule has 0 saturated heterocycles. The Hall–Kier alpha value is -3.63. The Kier molecular flexibility index (Phi) is 5.03. The number of hydrogen-bond donors (Lipinski definition) is 2. The molecule has 2 amide bonds. The molecule has 1 atom stereocenters. The van der Waals surface area contributed by atoms with Crippen molar-refractivity contribution in [2.45, 2.75) is 19.0 Å². The van der Waals surface area contributed by atoms with E-state index in [-0.39, 0.29) is 25.2 Å². The quantitative estimate of drug-likeness (QED) is 0.720. The molecule has 4 rings (SSSR count). The summed E-state index contributed by atoms with van der Waals surface area (Å²) in [6.07, 6.45) is 2.20. The summed E-state index contributed by atoms with van der Waals surface area (Å²) >= 11 is 0. The zero-order chi connectivity index (χ0) is 22.4. The lowest BCUT2D eigenvalue weighted by atomic mass is 10.1. The first-order valence-corrected chi connectivity index (χ1v) is 9.22. The van der Waals surface area contributed by atoms with Crippen LogP contribution < -0.4 is 10.7 Å². The maximum absolute atomic E-state index is 14.0. The lowest BCUT2D eigenvalue weighted by Crippen LogP contribution is -2.44. The second-order valence-electron chi connectivity index (χ2n) is 7.19. The van der Waals surface area contributed by atoms with Crippen molar-refractivity contribution in [3.05, 3.63) is 74.7 Å². The molecule has 2 aliphatic heterocycles. The Morgan fingerprint density at radius 1 is 1.16 bits per heavy atom. The van der Waals surface area contributed by atoms with E-state index in [1.165, 1.54) is 11.0 Å². The van der Waals surface area contributed by atoms with Crippen molar-refractivity contribution in [1.29, 1.82) is 0 Å². The second-order valence-corrected chi connectivity index (χ2v) is 7.19. The largest absolute Gasteiger partial charge is 0.503 e. The van der Waals surface area contributed by atoms with Crippen molar-refractivity contribution in [3.63, 3.8) is 0 Å². The van der Waals surface area contributed by atoms with Crippen LogP contribution in [0.25, 0.3) is 0 Å². The molecule has 7 nitrogen and oxygen atoms in total. The van der Waals surface area contributed by atoms with E-state index in [2.05, 4.69) is 5.32 Å². The normalized spacial score (nSPS) is 17.7. The highest BCUT2D eigenvalue weighted by Crippen LogP contribution is 2.31. The number of aromatic hydroxyl groups is 1. The molecule has 0 saturated carbocycles. The highest BCUT2D eigenvalue weighted by Gasteiger charge is 2.36. The van der Waals surface area contributed by atoms with Gasteiger partial charge < -0.3 is 19.9 Å². The fraction of sp³-hybridized carbons (Fsp3) is 0.250. The van der Waals surface area contributed by atoms with Crippen molar-refractivity contribution >= 4 is 11.8 Å². The van der Waals surface area contributed by atoms with E-state index < -0.39 is 70.0 Å². The molecule has 162 valence electrons. The fourth-order valence-corrected chi connectivity index (χ4v) is 3.67. The van der Waals surface area contributed by atoms with Gasteiger partial charge in [-0.05, 0) is 6.08 Å². The van der Waals surface area contributed by atoms with E-state index in [0.29, 0.717) is 12.1 Å². The molecular weight excluding hydrogens is 422 g/mol. The molecule has 2 aromatic rings. The second kappa shape index (κ2) is 7.56. The van der Waals surface area contributed by atoms with Crippen LogP contribution in [-0.2, 0) is 6.54 Å². The average Bonchev–Trinajstić information content (AvgIpc) is 2.87. The summed E-state index contributed by atoms with van der Waals surface area (Å²) in [4.78, 5) is 38.9. The van der Waals surface area contributed by atoms with Crippen LogP contribution in [0.2, 0.25) is 0 Å². The van der Waals surface area contributed by atoms with Crippen molar-refractivity contribution in [2.24, 2.45) is 0 Å². The van der Waals surface area contributed by atoms with Gasteiger partial charge in [-0.25, -0.2) is 17.6 Å². The zero-order valence-electron chi connectivity index (χ0n) is 15.8. The van der Waals surface area contributed by atoms with Gasteiger partial charge in [0.1, 0.15) is 23.0 Å². The summed E-state index contributed by atoms with van der Waals surface area (Å²) in [6, 6.07) is 0.114. The van der Waals surface area contributed by atoms with Crippen molar-refractivity contribution in [1.82, 2.24) is 14.8 Å². The first-order chi connectivity index (χ1) is 14.7. The minimum atomic E-state index is -1.23. The molecule has 0 fully saturated rings. The SMILES string of the molecule is O=C(NCc1c(F)cc(F)cc1F)c1cn2c(c(O)c1=O)C(=O)N1CCC(F)=C[C@H]2C1. The third-order valence-corrected chi connectivity index (χ3v) is 5.23. The Morgan fingerprint density at radius 3 is 2.52 bits per heavy atom. The highest BCUT2D eigenvalue weighted by atomic mass is 19.1. The third-order valence-electron chi connectivity index (χ3n) is 5.23. The number of carbonyl (C=O) groups excluding carboxylic acids is 2. The predicted octanol–water partition coefficient (Wildman–Crippen LogP) is 2.16. The van der Waals surface area contributed by atoms with Gasteiger partial charge in [0, 0.05) is 49.9 Å². The number of rotatable bonds is 3. The molecule has 0 aliphatic carbocycles. The molecule has 0 spiro atoms. The third kappa shape index (κ3) is 3.56. The standard InChI is InChI=1S/C20H15F4N3O4/c21-9-1-2-26-7-11(3-9)27-8-13(17(28)18(29)16(27)20(26)31)19(30)25-6-12-14(23)4-10(22)5-15(12)24/h3-5,8,11,29H,1-2,6-7H2,(H,25,30)/t11-/m0/s1. The topological polar surface area (TPSA) is 91.6 Å². The molecule has 2 bridgehead atoms. The van der Waals surface area contributed by atoms with Crippen molar-refractivity contribution in [3.8, 4) is 5.75 Å². The summed E-state index contributed by atoms with van der Waals surface area (Å²) in [6.45, 7) is -0.555. The zero-order valence-corrected chi connectivity index (χ0v) is 15.8. The van der Waals surface area contributed by atoms with Crippen LogP contribution in [0, 0.1) is 17.5 Å². The van der Waals surface area contributed by atoms with Crippen LogP contribution in [0.5, 0.6) is 5.75 Å². The Balaban J connectivity index is 1.70. The van der Waals surface area contributed by atoms with Crippen LogP contribution >= 0.6 is 0 Å². The summed E-state index contributed by atoms with van der Waals surface area (Å²) in [5.41, 5.74) is -2.78. The summed E-state index contributed by atoms with van der Waals surface area (Å²) in [7, 11) is 0. The van der Waals surface area contributed by atoms with E-state index in [0.717, 1.165) is 10.8 Å². The number of hydrogen-bond acceptors (Lipinski definition) is 4. The lowest BCUT2D eigenvalue weighted by molar-refractivity contribution is 0.0686. The molecule has 11 heteroatoms. The fourth-order valence-electron chi connectivity index (χ4n) is 3.67. The molecule has 2 aliphatic rings. The van der Waals surface area contributed by atoms with E-state index in [1.54, 1.807) is 0 Å². The van der Waals surface area contributed by atoms with Crippen molar-refractivity contribution in [2.75, 3.05) is 13.1 Å². The Bertz CT molecular complexity index is 1180. The van der Waals surface area contributed by atoms with Gasteiger partial charge in [-0.2, -0.15) is 0 Å². The number of nitrogens with one attached hydrogen (secondary N) is 1. The number of carbonyl (C=O) groups is 2. The molecular formula is C20H15F4N3O4. The van der Waals surface area contributed by atoms with E-state index in [4.69, 9.17) is 0 Å². The van der Waals surface area contributed by atoms with Crippen LogP contribution in [0.1, 0.15) is 38.9 Å². The monoisotopic (exact) mass is 437 g/mol. The first kappa shape index (κ1) is 20.6. The molecule has 3 heterocycles. The van der Waals surface area contributed by atoms with E-state index in [9.17, 15) is 37.1 Å². The summed E-state index contributed by atoms with van der Waals surface area (Å²) in [5, 5.41) is 12.5. The van der Waals surface area contributed by atoms with Crippen LogP contribution in [0.15, 0.2) is 35.0 Å². The molecule has 2 N–H and O–H groups in total. The lowest BCUT2D eigenvalue weighted by Gasteiger charge is -2.33. The van der Waals surface area contributed by atoms with Gasteiger partial charge in [-0.15, -0.1) is 0 Å². The molecule has 31 heavy (non-hydrogen) atoms. The Labute approximate surface area is 172 Å². The van der Waals surface area contributed by atoms with Crippen LogP contribution in [0.3, 0.4) is 0 Å². The maximum Gasteiger partial charge on any atom is 0.274 e. The summed E-state index contributed by atoms with van der Waals surface area (Å²) in [5.74, 6) is -6.84.